The Kier molecular flexibility index (Phi) is 5.91. The first-order valence-corrected chi connectivity index (χ1v) is 6.28. The summed E-state index contributed by atoms with van der Waals surface area (Å²) in [5.41, 5.74) is 0. The van der Waals surface area contributed by atoms with Crippen LogP contribution in [0.5, 0.6) is 0 Å². The molecule has 0 bridgehead atoms. The molecule has 2 amide bonds. The van der Waals surface area contributed by atoms with Crippen molar-refractivity contribution in [3.8, 4) is 0 Å². The lowest BCUT2D eigenvalue weighted by atomic mass is 10.1. The van der Waals surface area contributed by atoms with Gasteiger partial charge in [0.15, 0.2) is 6.04 Å². The first kappa shape index (κ1) is 14.8. The van der Waals surface area contributed by atoms with Gasteiger partial charge in [-0.15, -0.1) is 0 Å². The molecular formula is C12H22N2O4. The third-order valence-corrected chi connectivity index (χ3v) is 3.28. The second-order valence-electron chi connectivity index (χ2n) is 4.83. The Morgan fingerprint density at radius 2 is 2.06 bits per heavy atom. The third-order valence-electron chi connectivity index (χ3n) is 3.28. The van der Waals surface area contributed by atoms with Crippen LogP contribution < -0.4 is 5.32 Å². The van der Waals surface area contributed by atoms with Crippen molar-refractivity contribution in [1.82, 2.24) is 10.2 Å². The third kappa shape index (κ3) is 4.52. The summed E-state index contributed by atoms with van der Waals surface area (Å²) in [5.74, 6) is -0.536. The van der Waals surface area contributed by atoms with E-state index in [9.17, 15) is 9.59 Å². The number of aliphatic carboxylic acids is 1. The molecular weight excluding hydrogens is 236 g/mol. The summed E-state index contributed by atoms with van der Waals surface area (Å²) in [6, 6.07) is -1.35. The van der Waals surface area contributed by atoms with Crippen LogP contribution in [-0.4, -0.2) is 55.4 Å². The van der Waals surface area contributed by atoms with Crippen molar-refractivity contribution in [2.75, 3.05) is 27.3 Å². The van der Waals surface area contributed by atoms with Gasteiger partial charge in [-0.2, -0.15) is 0 Å². The van der Waals surface area contributed by atoms with Crippen molar-refractivity contribution >= 4 is 12.0 Å². The molecule has 1 aliphatic carbocycles. The van der Waals surface area contributed by atoms with Gasteiger partial charge in [-0.05, 0) is 18.8 Å². The van der Waals surface area contributed by atoms with Crippen molar-refractivity contribution in [2.24, 2.45) is 5.92 Å². The molecule has 18 heavy (non-hydrogen) atoms. The van der Waals surface area contributed by atoms with Crippen LogP contribution in [0, 0.1) is 5.92 Å². The number of carboxylic acids is 1. The van der Waals surface area contributed by atoms with Crippen LogP contribution in [-0.2, 0) is 9.53 Å². The zero-order chi connectivity index (χ0) is 13.5. The Labute approximate surface area is 107 Å². The number of methoxy groups -OCH3 is 1. The van der Waals surface area contributed by atoms with Gasteiger partial charge in [-0.1, -0.05) is 12.8 Å². The number of carbonyl (C=O) groups is 2. The molecule has 1 saturated carbocycles. The lowest BCUT2D eigenvalue weighted by Crippen LogP contribution is -2.49. The molecule has 1 fully saturated rings. The number of urea groups is 1. The summed E-state index contributed by atoms with van der Waals surface area (Å²) in [5, 5.41) is 11.4. The molecule has 0 aromatic carbocycles. The number of nitrogens with zero attached hydrogens (tertiary/aromatic N) is 1. The molecule has 1 aliphatic rings. The fourth-order valence-corrected chi connectivity index (χ4v) is 2.26. The molecule has 1 atom stereocenters. The van der Waals surface area contributed by atoms with E-state index >= 15 is 0 Å². The van der Waals surface area contributed by atoms with Crippen molar-refractivity contribution in [3.05, 3.63) is 0 Å². The van der Waals surface area contributed by atoms with E-state index in [1.54, 1.807) is 11.9 Å². The van der Waals surface area contributed by atoms with Gasteiger partial charge in [0, 0.05) is 20.7 Å². The second kappa shape index (κ2) is 7.20. The first-order chi connectivity index (χ1) is 8.54. The standard InChI is InChI=1S/C12H22N2O4/c1-14(7-9-5-3-4-6-9)12(17)13-10(8-18-2)11(15)16/h9-10H,3-8H2,1-2H3,(H,13,17)(H,15,16). The zero-order valence-electron chi connectivity index (χ0n) is 11.0. The van der Waals surface area contributed by atoms with Gasteiger partial charge in [0.25, 0.3) is 0 Å². The predicted molar refractivity (Wildman–Crippen MR) is 66.4 cm³/mol. The highest BCUT2D eigenvalue weighted by atomic mass is 16.5. The lowest BCUT2D eigenvalue weighted by Gasteiger charge is -2.23. The smallest absolute Gasteiger partial charge is 0.328 e. The highest BCUT2D eigenvalue weighted by Gasteiger charge is 2.24. The van der Waals surface area contributed by atoms with E-state index in [2.05, 4.69) is 5.32 Å². The van der Waals surface area contributed by atoms with Crippen molar-refractivity contribution < 1.29 is 19.4 Å². The minimum absolute atomic E-state index is 0.0294. The largest absolute Gasteiger partial charge is 0.480 e. The Hall–Kier alpha value is -1.30. The number of ether oxygens (including phenoxy) is 1. The first-order valence-electron chi connectivity index (χ1n) is 6.28. The van der Waals surface area contributed by atoms with E-state index in [0.717, 1.165) is 12.8 Å². The summed E-state index contributed by atoms with van der Waals surface area (Å²) < 4.78 is 4.77. The van der Waals surface area contributed by atoms with Gasteiger partial charge < -0.3 is 20.1 Å². The average molecular weight is 258 g/mol. The lowest BCUT2D eigenvalue weighted by molar-refractivity contribution is -0.140. The van der Waals surface area contributed by atoms with E-state index in [1.807, 2.05) is 0 Å². The maximum atomic E-state index is 11.8. The highest BCUT2D eigenvalue weighted by Crippen LogP contribution is 2.25. The SMILES string of the molecule is COCC(NC(=O)N(C)CC1CCCC1)C(=O)O. The van der Waals surface area contributed by atoms with Crippen LogP contribution in [0.15, 0.2) is 0 Å². The van der Waals surface area contributed by atoms with Crippen LogP contribution in [0.1, 0.15) is 25.7 Å². The number of amides is 2. The Morgan fingerprint density at radius 1 is 1.44 bits per heavy atom. The van der Waals surface area contributed by atoms with E-state index < -0.39 is 12.0 Å². The quantitative estimate of drug-likeness (QED) is 0.742. The molecule has 104 valence electrons. The van der Waals surface area contributed by atoms with E-state index in [1.165, 1.54) is 20.0 Å². The summed E-state index contributed by atoms with van der Waals surface area (Å²) in [7, 11) is 3.10. The molecule has 6 nitrogen and oxygen atoms in total. The molecule has 2 N–H and O–H groups in total. The molecule has 1 unspecified atom stereocenters. The summed E-state index contributed by atoms with van der Waals surface area (Å²) in [6.45, 7) is 0.656. The summed E-state index contributed by atoms with van der Waals surface area (Å²) in [4.78, 5) is 24.3. The van der Waals surface area contributed by atoms with Crippen LogP contribution in [0.25, 0.3) is 0 Å². The van der Waals surface area contributed by atoms with Crippen LogP contribution in [0.3, 0.4) is 0 Å². The monoisotopic (exact) mass is 258 g/mol. The summed E-state index contributed by atoms with van der Waals surface area (Å²) >= 11 is 0. The van der Waals surface area contributed by atoms with Crippen LogP contribution in [0.2, 0.25) is 0 Å². The molecule has 0 aromatic rings. The molecule has 0 radical (unpaired) electrons. The molecule has 0 spiro atoms. The molecule has 0 heterocycles. The van der Waals surface area contributed by atoms with Gasteiger partial charge in [-0.3, -0.25) is 0 Å². The number of carbonyl (C=O) groups excluding carboxylic acids is 1. The van der Waals surface area contributed by atoms with Crippen molar-refractivity contribution in [3.63, 3.8) is 0 Å². The van der Waals surface area contributed by atoms with E-state index in [-0.39, 0.29) is 12.6 Å². The molecule has 0 saturated heterocycles. The van der Waals surface area contributed by atoms with E-state index in [4.69, 9.17) is 9.84 Å². The van der Waals surface area contributed by atoms with Gasteiger partial charge in [0.1, 0.15) is 0 Å². The highest BCUT2D eigenvalue weighted by molar-refractivity contribution is 5.82. The maximum Gasteiger partial charge on any atom is 0.328 e. The van der Waals surface area contributed by atoms with Gasteiger partial charge >= 0.3 is 12.0 Å². The van der Waals surface area contributed by atoms with Gasteiger partial charge in [0.2, 0.25) is 0 Å². The number of rotatable bonds is 6. The molecule has 0 aliphatic heterocycles. The van der Waals surface area contributed by atoms with Gasteiger partial charge in [0.05, 0.1) is 6.61 Å². The Balaban J connectivity index is 2.39. The zero-order valence-corrected chi connectivity index (χ0v) is 11.0. The minimum Gasteiger partial charge on any atom is -0.480 e. The maximum absolute atomic E-state index is 11.8. The summed E-state index contributed by atoms with van der Waals surface area (Å²) in [6.07, 6.45) is 4.75. The van der Waals surface area contributed by atoms with Crippen molar-refractivity contribution in [1.29, 1.82) is 0 Å². The van der Waals surface area contributed by atoms with Crippen molar-refractivity contribution in [2.45, 2.75) is 31.7 Å². The number of carboxylic acid groups (broad SMARTS) is 1. The van der Waals surface area contributed by atoms with Gasteiger partial charge in [-0.25, -0.2) is 9.59 Å². The normalized spacial score (nSPS) is 17.4. The predicted octanol–water partition coefficient (Wildman–Crippen LogP) is 0.918. The van der Waals surface area contributed by atoms with Crippen LogP contribution >= 0.6 is 0 Å². The molecule has 6 heteroatoms. The fraction of sp³-hybridized carbons (Fsp3) is 0.833. The number of nitrogens with one attached hydrogen (secondary N) is 1. The molecule has 0 aromatic heterocycles. The molecule has 1 rings (SSSR count). The number of hydrogen-bond acceptors (Lipinski definition) is 3. The topological polar surface area (TPSA) is 78.9 Å². The Bertz CT molecular complexity index is 290. The Morgan fingerprint density at radius 3 is 2.56 bits per heavy atom. The minimum atomic E-state index is -1.08. The van der Waals surface area contributed by atoms with Crippen LogP contribution in [0.4, 0.5) is 4.79 Å². The number of hydrogen-bond donors (Lipinski definition) is 2. The fourth-order valence-electron chi connectivity index (χ4n) is 2.26. The second-order valence-corrected chi connectivity index (χ2v) is 4.83. The van der Waals surface area contributed by atoms with E-state index in [0.29, 0.717) is 12.5 Å². The average Bonchev–Trinajstić information content (AvgIpc) is 2.80.